The molecule has 0 unspecified atom stereocenters. The summed E-state index contributed by atoms with van der Waals surface area (Å²) in [7, 11) is 1.91. The lowest BCUT2D eigenvalue weighted by molar-refractivity contribution is -0.148. The van der Waals surface area contributed by atoms with E-state index in [1.54, 1.807) is 6.20 Å². The summed E-state index contributed by atoms with van der Waals surface area (Å²) in [5, 5.41) is 0. The van der Waals surface area contributed by atoms with Gasteiger partial charge in [-0.05, 0) is 33.0 Å². The van der Waals surface area contributed by atoms with Crippen LogP contribution in [0.1, 0.15) is 19.5 Å². The number of aromatic nitrogens is 1. The number of rotatable bonds is 6. The molecule has 0 N–H and O–H groups in total. The zero-order valence-corrected chi connectivity index (χ0v) is 10.7. The van der Waals surface area contributed by atoms with Gasteiger partial charge in [-0.1, -0.05) is 6.07 Å². The van der Waals surface area contributed by atoms with Gasteiger partial charge in [0, 0.05) is 24.9 Å². The standard InChI is InChI=1S/C13H20N2O2/c1-11(2)17-13(16)10-15(3)9-7-12-6-4-5-8-14-12/h4-6,8,11H,7,9-10H2,1-3H3. The Morgan fingerprint density at radius 1 is 1.47 bits per heavy atom. The second-order valence-corrected chi connectivity index (χ2v) is 4.35. The molecule has 0 aliphatic heterocycles. The number of esters is 1. The number of carbonyl (C=O) groups excluding carboxylic acids is 1. The van der Waals surface area contributed by atoms with Crippen LogP contribution in [-0.2, 0) is 16.0 Å². The zero-order valence-electron chi connectivity index (χ0n) is 10.7. The van der Waals surface area contributed by atoms with Crippen molar-refractivity contribution in [3.63, 3.8) is 0 Å². The fraction of sp³-hybridized carbons (Fsp3) is 0.538. The fourth-order valence-electron chi connectivity index (χ4n) is 1.45. The molecule has 1 heterocycles. The molecule has 94 valence electrons. The highest BCUT2D eigenvalue weighted by molar-refractivity contribution is 5.71. The van der Waals surface area contributed by atoms with Gasteiger partial charge >= 0.3 is 5.97 Å². The summed E-state index contributed by atoms with van der Waals surface area (Å²) in [6.07, 6.45) is 2.57. The lowest BCUT2D eigenvalue weighted by Crippen LogP contribution is -2.30. The molecule has 0 bridgehead atoms. The van der Waals surface area contributed by atoms with Crippen molar-refractivity contribution in [3.8, 4) is 0 Å². The third kappa shape index (κ3) is 6.02. The molecule has 0 radical (unpaired) electrons. The minimum Gasteiger partial charge on any atom is -0.462 e. The van der Waals surface area contributed by atoms with Crippen molar-refractivity contribution in [1.82, 2.24) is 9.88 Å². The molecule has 4 heteroatoms. The Bertz CT molecular complexity index is 339. The second-order valence-electron chi connectivity index (χ2n) is 4.35. The summed E-state index contributed by atoms with van der Waals surface area (Å²) < 4.78 is 5.08. The molecule has 17 heavy (non-hydrogen) atoms. The predicted octanol–water partition coefficient (Wildman–Crippen LogP) is 1.51. The Morgan fingerprint density at radius 3 is 2.82 bits per heavy atom. The monoisotopic (exact) mass is 236 g/mol. The van der Waals surface area contributed by atoms with E-state index in [4.69, 9.17) is 4.74 Å². The van der Waals surface area contributed by atoms with Gasteiger partial charge in [-0.2, -0.15) is 0 Å². The lowest BCUT2D eigenvalue weighted by atomic mass is 10.2. The predicted molar refractivity (Wildman–Crippen MR) is 66.7 cm³/mol. The zero-order chi connectivity index (χ0) is 12.7. The first kappa shape index (κ1) is 13.6. The highest BCUT2D eigenvalue weighted by atomic mass is 16.5. The van der Waals surface area contributed by atoms with Crippen molar-refractivity contribution >= 4 is 5.97 Å². The molecule has 1 rings (SSSR count). The molecule has 4 nitrogen and oxygen atoms in total. The van der Waals surface area contributed by atoms with E-state index in [2.05, 4.69) is 4.98 Å². The molecule has 0 atom stereocenters. The Balaban J connectivity index is 2.26. The van der Waals surface area contributed by atoms with Crippen LogP contribution in [0.2, 0.25) is 0 Å². The maximum absolute atomic E-state index is 11.4. The number of hydrogen-bond acceptors (Lipinski definition) is 4. The van der Waals surface area contributed by atoms with Gasteiger partial charge in [0.1, 0.15) is 0 Å². The van der Waals surface area contributed by atoms with Crippen molar-refractivity contribution in [2.24, 2.45) is 0 Å². The number of hydrogen-bond donors (Lipinski definition) is 0. The normalized spacial score (nSPS) is 10.9. The average Bonchev–Trinajstić information content (AvgIpc) is 2.26. The molecular weight excluding hydrogens is 216 g/mol. The van der Waals surface area contributed by atoms with Crippen LogP contribution in [0.3, 0.4) is 0 Å². The molecule has 1 aromatic heterocycles. The van der Waals surface area contributed by atoms with Gasteiger partial charge in [-0.25, -0.2) is 0 Å². The first-order valence-electron chi connectivity index (χ1n) is 5.86. The van der Waals surface area contributed by atoms with Crippen LogP contribution in [0.5, 0.6) is 0 Å². The molecular formula is C13H20N2O2. The van der Waals surface area contributed by atoms with E-state index in [-0.39, 0.29) is 12.1 Å². The number of pyridine rings is 1. The maximum Gasteiger partial charge on any atom is 0.320 e. The Morgan fingerprint density at radius 2 is 2.24 bits per heavy atom. The highest BCUT2D eigenvalue weighted by Crippen LogP contribution is 1.97. The van der Waals surface area contributed by atoms with Gasteiger partial charge in [-0.3, -0.25) is 14.7 Å². The van der Waals surface area contributed by atoms with Crippen molar-refractivity contribution in [3.05, 3.63) is 30.1 Å². The molecule has 0 aliphatic carbocycles. The minimum absolute atomic E-state index is 0.0494. The van der Waals surface area contributed by atoms with Crippen LogP contribution in [0.15, 0.2) is 24.4 Å². The third-order valence-electron chi connectivity index (χ3n) is 2.24. The first-order valence-corrected chi connectivity index (χ1v) is 5.86. The van der Waals surface area contributed by atoms with Crippen molar-refractivity contribution in [1.29, 1.82) is 0 Å². The van der Waals surface area contributed by atoms with Crippen LogP contribution in [-0.4, -0.2) is 42.1 Å². The third-order valence-corrected chi connectivity index (χ3v) is 2.24. The molecule has 0 aliphatic rings. The van der Waals surface area contributed by atoms with Gasteiger partial charge in [0.15, 0.2) is 0 Å². The smallest absolute Gasteiger partial charge is 0.320 e. The van der Waals surface area contributed by atoms with E-state index in [0.717, 1.165) is 18.7 Å². The maximum atomic E-state index is 11.4. The van der Waals surface area contributed by atoms with Gasteiger partial charge < -0.3 is 4.74 Å². The van der Waals surface area contributed by atoms with Crippen molar-refractivity contribution in [2.45, 2.75) is 26.4 Å². The van der Waals surface area contributed by atoms with Crippen molar-refractivity contribution < 1.29 is 9.53 Å². The summed E-state index contributed by atoms with van der Waals surface area (Å²) in [5.74, 6) is -0.177. The van der Waals surface area contributed by atoms with Crippen LogP contribution in [0.25, 0.3) is 0 Å². The highest BCUT2D eigenvalue weighted by Gasteiger charge is 2.09. The average molecular weight is 236 g/mol. The van der Waals surface area contributed by atoms with E-state index in [0.29, 0.717) is 6.54 Å². The van der Waals surface area contributed by atoms with Crippen LogP contribution >= 0.6 is 0 Å². The molecule has 0 aromatic carbocycles. The van der Waals surface area contributed by atoms with Crippen LogP contribution in [0.4, 0.5) is 0 Å². The van der Waals surface area contributed by atoms with Gasteiger partial charge in [0.2, 0.25) is 0 Å². The molecule has 0 amide bonds. The van der Waals surface area contributed by atoms with Crippen LogP contribution in [0, 0.1) is 0 Å². The summed E-state index contributed by atoms with van der Waals surface area (Å²) in [5.41, 5.74) is 1.04. The fourth-order valence-corrected chi connectivity index (χ4v) is 1.45. The largest absolute Gasteiger partial charge is 0.462 e. The van der Waals surface area contributed by atoms with E-state index in [1.165, 1.54) is 0 Å². The SMILES string of the molecule is CC(C)OC(=O)CN(C)CCc1ccccn1. The lowest BCUT2D eigenvalue weighted by Gasteiger charge is -2.16. The molecule has 1 aromatic rings. The van der Waals surface area contributed by atoms with E-state index in [1.807, 2.05) is 44.0 Å². The number of likely N-dealkylation sites (N-methyl/N-ethyl adjacent to an activating group) is 1. The van der Waals surface area contributed by atoms with Gasteiger partial charge in [0.25, 0.3) is 0 Å². The first-order chi connectivity index (χ1) is 8.08. The molecule has 0 fully saturated rings. The summed E-state index contributed by atoms with van der Waals surface area (Å²) >= 11 is 0. The number of nitrogens with zero attached hydrogens (tertiary/aromatic N) is 2. The van der Waals surface area contributed by atoms with E-state index < -0.39 is 0 Å². The molecule has 0 spiro atoms. The minimum atomic E-state index is -0.177. The Kier molecular flexibility index (Phi) is 5.63. The quantitative estimate of drug-likeness (QED) is 0.702. The van der Waals surface area contributed by atoms with E-state index >= 15 is 0 Å². The second kappa shape index (κ2) is 7.01. The van der Waals surface area contributed by atoms with Gasteiger partial charge in [0.05, 0.1) is 12.6 Å². The summed E-state index contributed by atoms with van der Waals surface area (Å²) in [6, 6.07) is 5.85. The number of ether oxygens (including phenoxy) is 1. The van der Waals surface area contributed by atoms with E-state index in [9.17, 15) is 4.79 Å². The molecule has 0 saturated carbocycles. The van der Waals surface area contributed by atoms with Crippen LogP contribution < -0.4 is 0 Å². The Labute approximate surface area is 103 Å². The summed E-state index contributed by atoms with van der Waals surface area (Å²) in [4.78, 5) is 17.6. The topological polar surface area (TPSA) is 42.4 Å². The molecule has 0 saturated heterocycles. The Hall–Kier alpha value is -1.42. The summed E-state index contributed by atoms with van der Waals surface area (Å²) in [6.45, 7) is 4.83. The number of carbonyl (C=O) groups is 1. The van der Waals surface area contributed by atoms with Gasteiger partial charge in [-0.15, -0.1) is 0 Å². The van der Waals surface area contributed by atoms with Crippen molar-refractivity contribution in [2.75, 3.05) is 20.1 Å².